The smallest absolute Gasteiger partial charge is 0.227 e. The van der Waals surface area contributed by atoms with E-state index in [4.69, 9.17) is 26.1 Å². The van der Waals surface area contributed by atoms with Gasteiger partial charge in [-0.3, -0.25) is 4.79 Å². The van der Waals surface area contributed by atoms with Crippen LogP contribution in [0, 0.1) is 13.8 Å². The second-order valence-electron chi connectivity index (χ2n) is 9.14. The van der Waals surface area contributed by atoms with E-state index in [1.165, 1.54) is 0 Å². The number of hydrogen-bond acceptors (Lipinski definition) is 4. The highest BCUT2D eigenvalue weighted by molar-refractivity contribution is 6.32. The molecule has 186 valence electrons. The Hall–Kier alpha value is -3.51. The number of carbonyl (C=O) groups is 1. The second-order valence-corrected chi connectivity index (χ2v) is 9.51. The van der Waals surface area contributed by atoms with Gasteiger partial charge < -0.3 is 18.9 Å². The van der Waals surface area contributed by atoms with Crippen molar-refractivity contribution in [1.82, 2.24) is 9.55 Å². The van der Waals surface area contributed by atoms with Crippen molar-refractivity contribution in [3.63, 3.8) is 0 Å². The molecule has 1 unspecified atom stereocenters. The van der Waals surface area contributed by atoms with Gasteiger partial charge in [0.05, 0.1) is 29.9 Å². The van der Waals surface area contributed by atoms with Crippen LogP contribution < -0.4 is 14.4 Å². The van der Waals surface area contributed by atoms with Crippen molar-refractivity contribution in [3.05, 3.63) is 82.6 Å². The van der Waals surface area contributed by atoms with Gasteiger partial charge in [0.2, 0.25) is 5.91 Å². The highest BCUT2D eigenvalue weighted by Crippen LogP contribution is 2.37. The molecule has 2 heterocycles. The minimum Gasteiger partial charge on any atom is -0.492 e. The lowest BCUT2D eigenvalue weighted by Gasteiger charge is -2.20. The van der Waals surface area contributed by atoms with Gasteiger partial charge in [0.1, 0.15) is 23.9 Å². The molecule has 1 aliphatic heterocycles. The fourth-order valence-corrected chi connectivity index (χ4v) is 5.07. The van der Waals surface area contributed by atoms with E-state index in [2.05, 4.69) is 10.6 Å². The Morgan fingerprint density at radius 3 is 2.53 bits per heavy atom. The summed E-state index contributed by atoms with van der Waals surface area (Å²) < 4.78 is 14.1. The number of hydrogen-bond donors (Lipinski definition) is 0. The van der Waals surface area contributed by atoms with Crippen LogP contribution in [0.4, 0.5) is 5.69 Å². The average Bonchev–Trinajstić information content (AvgIpc) is 3.43. The third-order valence-corrected chi connectivity index (χ3v) is 7.22. The van der Waals surface area contributed by atoms with Crippen molar-refractivity contribution >= 4 is 34.2 Å². The first kappa shape index (κ1) is 24.2. The lowest BCUT2D eigenvalue weighted by molar-refractivity contribution is -0.117. The van der Waals surface area contributed by atoms with Crippen LogP contribution in [0.3, 0.4) is 0 Å². The quantitative estimate of drug-likeness (QED) is 0.283. The maximum atomic E-state index is 13.1. The van der Waals surface area contributed by atoms with Crippen LogP contribution >= 0.6 is 11.6 Å². The van der Waals surface area contributed by atoms with Gasteiger partial charge >= 0.3 is 0 Å². The first-order valence-corrected chi connectivity index (χ1v) is 12.7. The number of imidazole rings is 1. The van der Waals surface area contributed by atoms with E-state index in [0.717, 1.165) is 50.2 Å². The molecule has 7 heteroatoms. The van der Waals surface area contributed by atoms with Gasteiger partial charge in [-0.05, 0) is 68.3 Å². The molecular weight excluding hydrogens is 474 g/mol. The summed E-state index contributed by atoms with van der Waals surface area (Å²) in [5.74, 6) is 2.49. The van der Waals surface area contributed by atoms with Crippen LogP contribution in [-0.4, -0.2) is 35.2 Å². The van der Waals surface area contributed by atoms with E-state index in [0.29, 0.717) is 32.7 Å². The Morgan fingerprint density at radius 1 is 1.03 bits per heavy atom. The lowest BCUT2D eigenvalue weighted by Crippen LogP contribution is -2.25. The minimum absolute atomic E-state index is 0.0281. The molecule has 0 aliphatic carbocycles. The summed E-state index contributed by atoms with van der Waals surface area (Å²) in [6.45, 7) is 8.12. The van der Waals surface area contributed by atoms with Crippen molar-refractivity contribution in [2.75, 3.05) is 24.7 Å². The molecule has 1 amide bonds. The Kier molecular flexibility index (Phi) is 6.88. The Balaban J connectivity index is 1.40. The number of carbonyl (C=O) groups excluding carboxylic acids is 1. The van der Waals surface area contributed by atoms with Crippen LogP contribution in [0.25, 0.3) is 11.0 Å². The molecule has 0 spiro atoms. The number of nitrogens with zero attached hydrogens (tertiary/aromatic N) is 3. The van der Waals surface area contributed by atoms with Crippen molar-refractivity contribution in [3.8, 4) is 11.5 Å². The third kappa shape index (κ3) is 4.65. The molecule has 0 bridgehead atoms. The minimum atomic E-state index is -0.0281. The van der Waals surface area contributed by atoms with Crippen molar-refractivity contribution < 1.29 is 14.3 Å². The molecule has 0 N–H and O–H groups in total. The molecule has 0 radical (unpaired) electrons. The summed E-state index contributed by atoms with van der Waals surface area (Å²) in [6.07, 6.45) is 0.403. The van der Waals surface area contributed by atoms with Gasteiger partial charge in [0.25, 0.3) is 0 Å². The van der Waals surface area contributed by atoms with Crippen LogP contribution in [0.5, 0.6) is 11.5 Å². The molecule has 0 saturated carbocycles. The molecule has 1 saturated heterocycles. The normalized spacial score (nSPS) is 15.6. The van der Waals surface area contributed by atoms with E-state index in [9.17, 15) is 4.79 Å². The first-order valence-electron chi connectivity index (χ1n) is 12.3. The number of rotatable bonds is 8. The largest absolute Gasteiger partial charge is 0.492 e. The molecular formula is C29H30ClN3O3. The number of fused-ring (bicyclic) bond motifs is 1. The number of aromatic nitrogens is 2. The summed E-state index contributed by atoms with van der Waals surface area (Å²) in [6, 6.07) is 19.7. The monoisotopic (exact) mass is 503 g/mol. The van der Waals surface area contributed by atoms with E-state index in [1.54, 1.807) is 0 Å². The molecule has 5 rings (SSSR count). The fourth-order valence-electron chi connectivity index (χ4n) is 4.96. The van der Waals surface area contributed by atoms with E-state index >= 15 is 0 Å². The van der Waals surface area contributed by atoms with Gasteiger partial charge in [-0.1, -0.05) is 35.9 Å². The molecule has 1 fully saturated rings. The van der Waals surface area contributed by atoms with Crippen molar-refractivity contribution in [2.24, 2.45) is 0 Å². The average molecular weight is 504 g/mol. The predicted molar refractivity (Wildman–Crippen MR) is 143 cm³/mol. The summed E-state index contributed by atoms with van der Waals surface area (Å²) in [5.41, 5.74) is 4.77. The van der Waals surface area contributed by atoms with E-state index < -0.39 is 0 Å². The Morgan fingerprint density at radius 2 is 1.75 bits per heavy atom. The van der Waals surface area contributed by atoms with Gasteiger partial charge in [-0.15, -0.1) is 0 Å². The Bertz CT molecular complexity index is 1390. The highest BCUT2D eigenvalue weighted by atomic mass is 35.5. The van der Waals surface area contributed by atoms with Gasteiger partial charge in [0.15, 0.2) is 0 Å². The van der Waals surface area contributed by atoms with E-state index in [-0.39, 0.29) is 11.8 Å². The van der Waals surface area contributed by atoms with Crippen molar-refractivity contribution in [2.45, 2.75) is 39.7 Å². The third-order valence-electron chi connectivity index (χ3n) is 6.62. The van der Waals surface area contributed by atoms with Crippen molar-refractivity contribution in [1.29, 1.82) is 0 Å². The number of halogens is 1. The van der Waals surface area contributed by atoms with Crippen LogP contribution in [0.1, 0.15) is 36.2 Å². The zero-order valence-electron chi connectivity index (χ0n) is 20.8. The SMILES string of the molecule is CCOc1ccccc1N1CC(c2nc3ccccc3n2CCOc2cc(C)c(Cl)c(C)c2)CC1=O. The number of benzene rings is 3. The predicted octanol–water partition coefficient (Wildman–Crippen LogP) is 6.30. The van der Waals surface area contributed by atoms with Gasteiger partial charge in [-0.2, -0.15) is 0 Å². The maximum Gasteiger partial charge on any atom is 0.227 e. The molecule has 1 aliphatic rings. The topological polar surface area (TPSA) is 56.6 Å². The molecule has 1 aromatic heterocycles. The van der Waals surface area contributed by atoms with Gasteiger partial charge in [0, 0.05) is 23.9 Å². The van der Waals surface area contributed by atoms with Crippen LogP contribution in [-0.2, 0) is 11.3 Å². The number of ether oxygens (including phenoxy) is 2. The molecule has 1 atom stereocenters. The van der Waals surface area contributed by atoms with Crippen LogP contribution in [0.15, 0.2) is 60.7 Å². The fraction of sp³-hybridized carbons (Fsp3) is 0.310. The number of para-hydroxylation sites is 4. The number of amides is 1. The van der Waals surface area contributed by atoms with E-state index in [1.807, 2.05) is 80.3 Å². The maximum absolute atomic E-state index is 13.1. The zero-order valence-corrected chi connectivity index (χ0v) is 21.6. The summed E-state index contributed by atoms with van der Waals surface area (Å²) in [7, 11) is 0. The number of aryl methyl sites for hydroxylation is 2. The molecule has 6 nitrogen and oxygen atoms in total. The summed E-state index contributed by atoms with van der Waals surface area (Å²) in [4.78, 5) is 19.9. The highest BCUT2D eigenvalue weighted by Gasteiger charge is 2.36. The standard InChI is InChI=1S/C29H30ClN3O3/c1-4-35-26-12-8-7-11-25(26)33-18-21(17-27(33)34)29-31-23-9-5-6-10-24(23)32(29)13-14-36-22-15-19(2)28(30)20(3)16-22/h5-12,15-16,21H,4,13-14,17-18H2,1-3H3. The lowest BCUT2D eigenvalue weighted by atomic mass is 10.1. The van der Waals surface area contributed by atoms with Crippen LogP contribution in [0.2, 0.25) is 5.02 Å². The number of anilines is 1. The Labute approximate surface area is 216 Å². The summed E-state index contributed by atoms with van der Waals surface area (Å²) >= 11 is 6.31. The first-order chi connectivity index (χ1) is 17.5. The zero-order chi connectivity index (χ0) is 25.2. The molecule has 3 aromatic carbocycles. The molecule has 36 heavy (non-hydrogen) atoms. The molecule has 4 aromatic rings. The van der Waals surface area contributed by atoms with Gasteiger partial charge in [-0.25, -0.2) is 4.98 Å². The second kappa shape index (κ2) is 10.2. The summed E-state index contributed by atoms with van der Waals surface area (Å²) in [5, 5.41) is 0.770.